The van der Waals surface area contributed by atoms with Gasteiger partial charge in [-0.1, -0.05) is 31.5 Å². The third-order valence-corrected chi connectivity index (χ3v) is 7.50. The first-order chi connectivity index (χ1) is 20.1. The predicted molar refractivity (Wildman–Crippen MR) is 156 cm³/mol. The SMILES string of the molecule is CC(C)Cc1nc2c(cnn2C(C)C(F)(F)F)c(-c2ccc3c(c2)OC(C)(C)C(=O)N3Cc2ccc(Cl)cn2)c1C(N)=O. The topological polar surface area (TPSA) is 116 Å². The van der Waals surface area contributed by atoms with Crippen LogP contribution in [0.2, 0.25) is 5.02 Å². The van der Waals surface area contributed by atoms with Crippen LogP contribution < -0.4 is 15.4 Å². The summed E-state index contributed by atoms with van der Waals surface area (Å²) >= 11 is 5.98. The number of nitrogens with two attached hydrogens (primary N) is 1. The summed E-state index contributed by atoms with van der Waals surface area (Å²) in [7, 11) is 0. The molecule has 9 nitrogen and oxygen atoms in total. The van der Waals surface area contributed by atoms with Crippen molar-refractivity contribution in [1.29, 1.82) is 0 Å². The van der Waals surface area contributed by atoms with E-state index in [-0.39, 0.29) is 47.1 Å². The maximum Gasteiger partial charge on any atom is 0.410 e. The van der Waals surface area contributed by atoms with Crippen LogP contribution in [0, 0.1) is 5.92 Å². The van der Waals surface area contributed by atoms with Gasteiger partial charge in [-0.25, -0.2) is 9.67 Å². The van der Waals surface area contributed by atoms with Crippen LogP contribution in [0.4, 0.5) is 18.9 Å². The van der Waals surface area contributed by atoms with Gasteiger partial charge in [-0.05, 0) is 62.9 Å². The Bertz CT molecular complexity index is 1730. The number of fused-ring (bicyclic) bond motifs is 2. The molecular weight excluding hydrogens is 585 g/mol. The number of nitrogens with zero attached hydrogens (tertiary/aromatic N) is 5. The highest BCUT2D eigenvalue weighted by Gasteiger charge is 2.42. The number of rotatable bonds is 7. The summed E-state index contributed by atoms with van der Waals surface area (Å²) in [6, 6.07) is 6.41. The molecule has 0 radical (unpaired) electrons. The minimum absolute atomic E-state index is 0.0148. The van der Waals surface area contributed by atoms with Crippen LogP contribution in [0.15, 0.2) is 42.7 Å². The van der Waals surface area contributed by atoms with Crippen molar-refractivity contribution in [3.63, 3.8) is 0 Å². The van der Waals surface area contributed by atoms with E-state index in [2.05, 4.69) is 15.1 Å². The Morgan fingerprint density at radius 1 is 1.14 bits per heavy atom. The van der Waals surface area contributed by atoms with E-state index in [0.29, 0.717) is 33.3 Å². The van der Waals surface area contributed by atoms with E-state index >= 15 is 0 Å². The quantitative estimate of drug-likeness (QED) is 0.262. The van der Waals surface area contributed by atoms with Crippen LogP contribution in [-0.2, 0) is 17.8 Å². The average Bonchev–Trinajstić information content (AvgIpc) is 3.33. The van der Waals surface area contributed by atoms with Gasteiger partial charge >= 0.3 is 6.18 Å². The lowest BCUT2D eigenvalue weighted by atomic mass is 9.92. The van der Waals surface area contributed by atoms with Gasteiger partial charge in [0.25, 0.3) is 11.8 Å². The predicted octanol–water partition coefficient (Wildman–Crippen LogP) is 6.27. The summed E-state index contributed by atoms with van der Waals surface area (Å²) in [4.78, 5) is 36.7. The maximum absolute atomic E-state index is 13.8. The number of anilines is 1. The fourth-order valence-corrected chi connectivity index (χ4v) is 5.29. The van der Waals surface area contributed by atoms with E-state index in [1.165, 1.54) is 12.4 Å². The summed E-state index contributed by atoms with van der Waals surface area (Å²) in [5.74, 6) is -0.726. The van der Waals surface area contributed by atoms with Crippen LogP contribution in [0.25, 0.3) is 22.2 Å². The molecule has 226 valence electrons. The number of halogens is 4. The van der Waals surface area contributed by atoms with Crippen molar-refractivity contribution in [3.05, 3.63) is 64.7 Å². The number of carbonyl (C=O) groups excluding carboxylic acids is 2. The number of carbonyl (C=O) groups is 2. The van der Waals surface area contributed by atoms with Crippen LogP contribution in [0.5, 0.6) is 5.75 Å². The molecule has 0 fully saturated rings. The zero-order valence-electron chi connectivity index (χ0n) is 24.2. The maximum atomic E-state index is 13.8. The van der Waals surface area contributed by atoms with E-state index in [1.54, 1.807) is 49.1 Å². The number of primary amides is 1. The molecule has 1 aliphatic rings. The molecular formula is C30H30ClF3N6O3. The van der Waals surface area contributed by atoms with E-state index in [0.717, 1.165) is 11.6 Å². The fraction of sp³-hybridized carbons (Fsp3) is 0.367. The normalized spacial score (nSPS) is 15.5. The Balaban J connectivity index is 1.73. The highest BCUT2D eigenvalue weighted by molar-refractivity contribution is 6.30. The van der Waals surface area contributed by atoms with Crippen LogP contribution in [0.1, 0.15) is 62.4 Å². The number of pyridine rings is 2. The largest absolute Gasteiger partial charge is 0.476 e. The number of hydrogen-bond acceptors (Lipinski definition) is 6. The number of benzene rings is 1. The molecule has 13 heteroatoms. The molecule has 0 bridgehead atoms. The zero-order valence-corrected chi connectivity index (χ0v) is 24.9. The second-order valence-electron chi connectivity index (χ2n) is 11.5. The summed E-state index contributed by atoms with van der Waals surface area (Å²) in [5, 5.41) is 4.72. The molecule has 1 atom stereocenters. The monoisotopic (exact) mass is 614 g/mol. The van der Waals surface area contributed by atoms with Gasteiger partial charge in [0.2, 0.25) is 0 Å². The first-order valence-corrected chi connectivity index (χ1v) is 14.0. The standard InChI is InChI=1S/C30H30ClF3N6O3/c1-15(2)10-21-25(26(35)41)24(20-13-37-40(27(20)38-21)16(3)30(32,33)34)17-6-9-22-23(11-17)43-29(4,5)28(42)39(22)14-19-8-7-18(31)12-36-19/h6-9,11-13,15-16H,10,14H2,1-5H3,(H2,35,41). The Labute approximate surface area is 250 Å². The van der Waals surface area contributed by atoms with Crippen LogP contribution in [-0.4, -0.2) is 43.3 Å². The number of amides is 2. The number of hydrogen-bond donors (Lipinski definition) is 1. The lowest BCUT2D eigenvalue weighted by Gasteiger charge is -2.39. The van der Waals surface area contributed by atoms with E-state index < -0.39 is 23.7 Å². The molecule has 4 aromatic rings. The molecule has 3 aromatic heterocycles. The third-order valence-electron chi connectivity index (χ3n) is 7.28. The molecule has 1 aliphatic heterocycles. The summed E-state index contributed by atoms with van der Waals surface area (Å²) in [5.41, 5.74) is 6.76. The smallest absolute Gasteiger partial charge is 0.410 e. The van der Waals surface area contributed by atoms with Gasteiger partial charge in [-0.2, -0.15) is 18.3 Å². The number of aromatic nitrogens is 4. The van der Waals surface area contributed by atoms with Gasteiger partial charge in [0, 0.05) is 17.1 Å². The van der Waals surface area contributed by atoms with E-state index in [4.69, 9.17) is 22.1 Å². The highest BCUT2D eigenvalue weighted by atomic mass is 35.5. The molecule has 0 spiro atoms. The molecule has 1 aromatic carbocycles. The van der Waals surface area contributed by atoms with Crippen molar-refractivity contribution in [2.24, 2.45) is 11.7 Å². The Morgan fingerprint density at radius 2 is 1.86 bits per heavy atom. The van der Waals surface area contributed by atoms with Gasteiger partial charge in [0.05, 0.1) is 40.4 Å². The first kappa shape index (κ1) is 30.3. The van der Waals surface area contributed by atoms with Crippen LogP contribution in [0.3, 0.4) is 0 Å². The van der Waals surface area contributed by atoms with Crippen LogP contribution >= 0.6 is 11.6 Å². The zero-order chi connectivity index (χ0) is 31.4. The summed E-state index contributed by atoms with van der Waals surface area (Å²) < 4.78 is 48.2. The number of alkyl halides is 3. The Morgan fingerprint density at radius 3 is 2.47 bits per heavy atom. The second-order valence-corrected chi connectivity index (χ2v) is 11.9. The highest BCUT2D eigenvalue weighted by Crippen LogP contribution is 2.44. The Hall–Kier alpha value is -4.19. The average molecular weight is 615 g/mol. The molecule has 4 heterocycles. The molecule has 2 amide bonds. The molecule has 0 aliphatic carbocycles. The lowest BCUT2D eigenvalue weighted by molar-refractivity contribution is -0.164. The summed E-state index contributed by atoms with van der Waals surface area (Å²) in [6.45, 7) is 8.21. The van der Waals surface area contributed by atoms with Crippen molar-refractivity contribution >= 4 is 40.1 Å². The third kappa shape index (κ3) is 5.63. The molecule has 0 saturated carbocycles. The van der Waals surface area contributed by atoms with Gasteiger partial charge in [0.15, 0.2) is 11.2 Å². The van der Waals surface area contributed by atoms with Gasteiger partial charge in [0.1, 0.15) is 11.8 Å². The molecule has 5 rings (SSSR count). The second kappa shape index (κ2) is 10.8. The molecule has 0 saturated heterocycles. The fourth-order valence-electron chi connectivity index (χ4n) is 5.17. The van der Waals surface area contributed by atoms with E-state index in [1.807, 2.05) is 13.8 Å². The Kier molecular flexibility index (Phi) is 7.62. The van der Waals surface area contributed by atoms with Crippen molar-refractivity contribution in [3.8, 4) is 16.9 Å². The van der Waals surface area contributed by atoms with Crippen molar-refractivity contribution in [1.82, 2.24) is 19.7 Å². The van der Waals surface area contributed by atoms with E-state index in [9.17, 15) is 22.8 Å². The molecule has 43 heavy (non-hydrogen) atoms. The molecule has 2 N–H and O–H groups in total. The van der Waals surface area contributed by atoms with Gasteiger partial charge in [-0.3, -0.25) is 19.5 Å². The summed E-state index contributed by atoms with van der Waals surface area (Å²) in [6.07, 6.45) is -1.54. The van der Waals surface area contributed by atoms with Crippen molar-refractivity contribution < 1.29 is 27.5 Å². The number of ether oxygens (including phenoxy) is 1. The molecule has 1 unspecified atom stereocenters. The van der Waals surface area contributed by atoms with Gasteiger partial charge < -0.3 is 10.5 Å². The van der Waals surface area contributed by atoms with Gasteiger partial charge in [-0.15, -0.1) is 0 Å². The van der Waals surface area contributed by atoms with Crippen molar-refractivity contribution in [2.75, 3.05) is 4.90 Å². The minimum Gasteiger partial charge on any atom is -0.476 e. The minimum atomic E-state index is -4.58. The lowest BCUT2D eigenvalue weighted by Crippen LogP contribution is -2.52. The van der Waals surface area contributed by atoms with Crippen molar-refractivity contribution in [2.45, 2.75) is 65.4 Å². The first-order valence-electron chi connectivity index (χ1n) is 13.6.